The predicted molar refractivity (Wildman–Crippen MR) is 95.0 cm³/mol. The van der Waals surface area contributed by atoms with Crippen molar-refractivity contribution in [1.82, 2.24) is 20.0 Å². The van der Waals surface area contributed by atoms with Crippen molar-refractivity contribution in [2.24, 2.45) is 5.92 Å². The molecular weight excluding hydrogens is 346 g/mol. The van der Waals surface area contributed by atoms with Gasteiger partial charge in [-0.25, -0.2) is 4.68 Å². The Kier molecular flexibility index (Phi) is 4.92. The van der Waals surface area contributed by atoms with Crippen molar-refractivity contribution in [3.63, 3.8) is 0 Å². The molecule has 6 nitrogen and oxygen atoms in total. The summed E-state index contributed by atoms with van der Waals surface area (Å²) in [7, 11) is 0. The molecule has 2 aromatic heterocycles. The van der Waals surface area contributed by atoms with Crippen LogP contribution in [0, 0.1) is 5.92 Å². The number of hydrogen-bond donors (Lipinski definition) is 1. The molecule has 3 rings (SSSR count). The topological polar surface area (TPSA) is 72.7 Å². The van der Waals surface area contributed by atoms with E-state index in [4.69, 9.17) is 11.6 Å². The maximum Gasteiger partial charge on any atom is 0.260 e. The van der Waals surface area contributed by atoms with Crippen molar-refractivity contribution in [2.45, 2.75) is 20.3 Å². The number of carbonyl (C=O) groups is 1. The van der Waals surface area contributed by atoms with Crippen molar-refractivity contribution in [3.05, 3.63) is 52.3 Å². The number of benzene rings is 1. The minimum absolute atomic E-state index is 0.262. The summed E-state index contributed by atoms with van der Waals surface area (Å²) in [5.41, 5.74) is 1.28. The van der Waals surface area contributed by atoms with E-state index in [0.29, 0.717) is 21.6 Å². The fraction of sp³-hybridized carbons (Fsp3) is 0.250. The van der Waals surface area contributed by atoms with Gasteiger partial charge in [-0.15, -0.1) is 10.2 Å². The summed E-state index contributed by atoms with van der Waals surface area (Å²) in [6.07, 6.45) is 4.02. The average Bonchev–Trinajstić information content (AvgIpc) is 3.17. The van der Waals surface area contributed by atoms with Gasteiger partial charge in [0.2, 0.25) is 5.13 Å². The standard InChI is InChI=1S/C16H16ClN5OS/c1-10(2)7-14-20-21-16(24-14)19-15(23)11-8-18-22(9-11)13-5-3-12(17)4-6-13/h3-6,8-10H,7H2,1-2H3,(H,19,21,23). The lowest BCUT2D eigenvalue weighted by Crippen LogP contribution is -2.10. The van der Waals surface area contributed by atoms with E-state index in [1.807, 2.05) is 12.1 Å². The van der Waals surface area contributed by atoms with E-state index in [1.54, 1.807) is 23.0 Å². The first kappa shape index (κ1) is 16.6. The third kappa shape index (κ3) is 3.98. The van der Waals surface area contributed by atoms with Crippen LogP contribution in [0.4, 0.5) is 5.13 Å². The van der Waals surface area contributed by atoms with Gasteiger partial charge in [-0.1, -0.05) is 36.8 Å². The summed E-state index contributed by atoms with van der Waals surface area (Å²) in [6, 6.07) is 7.21. The lowest BCUT2D eigenvalue weighted by atomic mass is 10.1. The second-order valence-electron chi connectivity index (χ2n) is 5.70. The van der Waals surface area contributed by atoms with Gasteiger partial charge < -0.3 is 0 Å². The van der Waals surface area contributed by atoms with E-state index in [9.17, 15) is 4.79 Å². The Hall–Kier alpha value is -2.25. The van der Waals surface area contributed by atoms with Gasteiger partial charge in [-0.3, -0.25) is 10.1 Å². The molecule has 0 spiro atoms. The van der Waals surface area contributed by atoms with Gasteiger partial charge in [-0.05, 0) is 30.2 Å². The molecule has 0 aliphatic carbocycles. The van der Waals surface area contributed by atoms with Gasteiger partial charge in [0.05, 0.1) is 17.4 Å². The van der Waals surface area contributed by atoms with Crippen molar-refractivity contribution < 1.29 is 4.79 Å². The first-order valence-corrected chi connectivity index (χ1v) is 8.65. The number of carbonyl (C=O) groups excluding carboxylic acids is 1. The molecule has 1 amide bonds. The molecule has 0 saturated carbocycles. The van der Waals surface area contributed by atoms with E-state index < -0.39 is 0 Å². The Balaban J connectivity index is 1.69. The van der Waals surface area contributed by atoms with E-state index in [-0.39, 0.29) is 5.91 Å². The van der Waals surface area contributed by atoms with Crippen LogP contribution in [-0.2, 0) is 6.42 Å². The van der Waals surface area contributed by atoms with Gasteiger partial charge >= 0.3 is 0 Å². The van der Waals surface area contributed by atoms with Gasteiger partial charge in [0.25, 0.3) is 5.91 Å². The number of anilines is 1. The number of nitrogens with zero attached hydrogens (tertiary/aromatic N) is 4. The summed E-state index contributed by atoms with van der Waals surface area (Å²) in [4.78, 5) is 12.3. The van der Waals surface area contributed by atoms with Crippen molar-refractivity contribution in [2.75, 3.05) is 5.32 Å². The number of aromatic nitrogens is 4. The van der Waals surface area contributed by atoms with Crippen LogP contribution in [0.1, 0.15) is 29.2 Å². The maximum absolute atomic E-state index is 12.3. The maximum atomic E-state index is 12.3. The molecule has 0 saturated heterocycles. The highest BCUT2D eigenvalue weighted by atomic mass is 35.5. The van der Waals surface area contributed by atoms with Crippen molar-refractivity contribution in [3.8, 4) is 5.69 Å². The summed E-state index contributed by atoms with van der Waals surface area (Å²) >= 11 is 7.27. The molecule has 0 aliphatic rings. The van der Waals surface area contributed by atoms with E-state index in [1.165, 1.54) is 17.5 Å². The average molecular weight is 362 g/mol. The van der Waals surface area contributed by atoms with Gasteiger partial charge in [0.1, 0.15) is 5.01 Å². The highest BCUT2D eigenvalue weighted by molar-refractivity contribution is 7.15. The van der Waals surface area contributed by atoms with Gasteiger partial charge in [0, 0.05) is 17.6 Å². The van der Waals surface area contributed by atoms with Crippen LogP contribution in [0.3, 0.4) is 0 Å². The lowest BCUT2D eigenvalue weighted by Gasteiger charge is -2.00. The normalized spacial score (nSPS) is 11.0. The summed E-state index contributed by atoms with van der Waals surface area (Å²) in [5, 5.41) is 17.1. The van der Waals surface area contributed by atoms with Crippen LogP contribution in [0.2, 0.25) is 5.02 Å². The Morgan fingerprint density at radius 2 is 2.04 bits per heavy atom. The number of halogens is 1. The molecule has 3 aromatic rings. The quantitative estimate of drug-likeness (QED) is 0.749. The number of hydrogen-bond acceptors (Lipinski definition) is 5. The number of rotatable bonds is 5. The van der Waals surface area contributed by atoms with Crippen LogP contribution >= 0.6 is 22.9 Å². The fourth-order valence-electron chi connectivity index (χ4n) is 2.08. The lowest BCUT2D eigenvalue weighted by molar-refractivity contribution is 0.102. The second-order valence-corrected chi connectivity index (χ2v) is 7.20. The zero-order valence-electron chi connectivity index (χ0n) is 13.2. The van der Waals surface area contributed by atoms with Crippen molar-refractivity contribution in [1.29, 1.82) is 0 Å². The first-order valence-electron chi connectivity index (χ1n) is 7.45. The predicted octanol–water partition coefficient (Wildman–Crippen LogP) is 3.83. The molecule has 1 aromatic carbocycles. The van der Waals surface area contributed by atoms with Crippen LogP contribution in [0.5, 0.6) is 0 Å². The Morgan fingerprint density at radius 1 is 1.29 bits per heavy atom. The van der Waals surface area contributed by atoms with Gasteiger partial charge in [0.15, 0.2) is 0 Å². The Bertz CT molecular complexity index is 840. The minimum atomic E-state index is -0.262. The van der Waals surface area contributed by atoms with Crippen LogP contribution < -0.4 is 5.32 Å². The Morgan fingerprint density at radius 3 is 2.75 bits per heavy atom. The molecule has 0 bridgehead atoms. The molecule has 1 N–H and O–H groups in total. The molecule has 0 atom stereocenters. The summed E-state index contributed by atoms with van der Waals surface area (Å²) in [6.45, 7) is 4.23. The smallest absolute Gasteiger partial charge is 0.260 e. The summed E-state index contributed by atoms with van der Waals surface area (Å²) < 4.78 is 1.62. The van der Waals surface area contributed by atoms with E-state index in [0.717, 1.165) is 17.1 Å². The van der Waals surface area contributed by atoms with Crippen LogP contribution in [0.25, 0.3) is 5.69 Å². The molecule has 0 fully saturated rings. The number of nitrogens with one attached hydrogen (secondary N) is 1. The molecular formula is C16H16ClN5OS. The van der Waals surface area contributed by atoms with Crippen LogP contribution in [0.15, 0.2) is 36.7 Å². The third-order valence-electron chi connectivity index (χ3n) is 3.21. The number of amides is 1. The van der Waals surface area contributed by atoms with E-state index >= 15 is 0 Å². The zero-order chi connectivity index (χ0) is 17.1. The fourth-order valence-corrected chi connectivity index (χ4v) is 3.15. The second kappa shape index (κ2) is 7.11. The molecule has 2 heterocycles. The molecule has 24 heavy (non-hydrogen) atoms. The molecule has 124 valence electrons. The highest BCUT2D eigenvalue weighted by Gasteiger charge is 2.13. The van der Waals surface area contributed by atoms with Gasteiger partial charge in [-0.2, -0.15) is 5.10 Å². The SMILES string of the molecule is CC(C)Cc1nnc(NC(=O)c2cnn(-c3ccc(Cl)cc3)c2)s1. The monoisotopic (exact) mass is 361 g/mol. The Labute approximate surface area is 148 Å². The largest absolute Gasteiger partial charge is 0.296 e. The van der Waals surface area contributed by atoms with Crippen LogP contribution in [-0.4, -0.2) is 25.9 Å². The summed E-state index contributed by atoms with van der Waals surface area (Å²) in [5.74, 6) is 0.238. The molecule has 0 radical (unpaired) electrons. The molecule has 8 heteroatoms. The van der Waals surface area contributed by atoms with Crippen molar-refractivity contribution >= 4 is 34.0 Å². The first-order chi connectivity index (χ1) is 11.5. The van der Waals surface area contributed by atoms with E-state index in [2.05, 4.69) is 34.5 Å². The molecule has 0 aliphatic heterocycles. The minimum Gasteiger partial charge on any atom is -0.296 e. The highest BCUT2D eigenvalue weighted by Crippen LogP contribution is 2.19. The zero-order valence-corrected chi connectivity index (χ0v) is 14.8. The third-order valence-corrected chi connectivity index (χ3v) is 4.32. The molecule has 0 unspecified atom stereocenters.